The predicted molar refractivity (Wildman–Crippen MR) is 70.3 cm³/mol. The van der Waals surface area contributed by atoms with Gasteiger partial charge in [0.1, 0.15) is 5.82 Å². The molecule has 2 N–H and O–H groups in total. The molecule has 1 aromatic rings. The summed E-state index contributed by atoms with van der Waals surface area (Å²) in [6, 6.07) is 4.84. The zero-order valence-corrected chi connectivity index (χ0v) is 10.6. The number of hydrogen-bond acceptors (Lipinski definition) is 2. The first-order valence-corrected chi connectivity index (χ1v) is 6.55. The van der Waals surface area contributed by atoms with Gasteiger partial charge in [-0.25, -0.2) is 4.39 Å². The number of anilines is 1. The fourth-order valence-corrected chi connectivity index (χ4v) is 2.40. The molecule has 1 fully saturated rings. The fraction of sp³-hybridized carbons (Fsp3) is 0.500. The van der Waals surface area contributed by atoms with Crippen LogP contribution in [0.25, 0.3) is 0 Å². The Hall–Kier alpha value is -1.58. The minimum atomic E-state index is -0.379. The normalized spacial score (nSPS) is 15.7. The highest BCUT2D eigenvalue weighted by Gasteiger charge is 2.20. The average Bonchev–Trinajstić information content (AvgIpc) is 2.84. The summed E-state index contributed by atoms with van der Waals surface area (Å²) >= 11 is 0. The van der Waals surface area contributed by atoms with Crippen molar-refractivity contribution in [3.05, 3.63) is 29.6 Å². The lowest BCUT2D eigenvalue weighted by Crippen LogP contribution is -2.33. The maximum absolute atomic E-state index is 13.7. The molecule has 1 saturated carbocycles. The molecule has 0 aromatic heterocycles. The van der Waals surface area contributed by atoms with Crippen LogP contribution in [-0.2, 0) is 0 Å². The molecule has 0 saturated heterocycles. The van der Waals surface area contributed by atoms with Gasteiger partial charge < -0.3 is 10.6 Å². The Morgan fingerprint density at radius 1 is 1.39 bits per heavy atom. The predicted octanol–water partition coefficient (Wildman–Crippen LogP) is 2.93. The standard InChI is InChI=1S/C14H19FN2O/c1-2-16-13-11(8-5-9-12(13)15)14(18)17-10-6-3-4-7-10/h5,8-10,16H,2-4,6-7H2,1H3,(H,17,18). The molecular formula is C14H19FN2O. The second kappa shape index (κ2) is 5.85. The summed E-state index contributed by atoms with van der Waals surface area (Å²) < 4.78 is 13.7. The van der Waals surface area contributed by atoms with Crippen molar-refractivity contribution in [1.82, 2.24) is 5.32 Å². The van der Waals surface area contributed by atoms with E-state index in [0.717, 1.165) is 25.7 Å². The Labute approximate surface area is 107 Å². The summed E-state index contributed by atoms with van der Waals surface area (Å²) in [4.78, 5) is 12.1. The lowest BCUT2D eigenvalue weighted by molar-refractivity contribution is 0.0938. The van der Waals surface area contributed by atoms with Crippen LogP contribution >= 0.6 is 0 Å². The minimum Gasteiger partial charge on any atom is -0.382 e. The second-order valence-electron chi connectivity index (χ2n) is 4.65. The number of rotatable bonds is 4. The topological polar surface area (TPSA) is 41.1 Å². The summed E-state index contributed by atoms with van der Waals surface area (Å²) in [6.07, 6.45) is 4.37. The molecule has 98 valence electrons. The third kappa shape index (κ3) is 2.81. The van der Waals surface area contributed by atoms with Crippen LogP contribution in [0.4, 0.5) is 10.1 Å². The van der Waals surface area contributed by atoms with Gasteiger partial charge in [0.05, 0.1) is 11.3 Å². The van der Waals surface area contributed by atoms with Crippen LogP contribution in [-0.4, -0.2) is 18.5 Å². The van der Waals surface area contributed by atoms with Crippen molar-refractivity contribution in [2.24, 2.45) is 0 Å². The molecule has 0 aliphatic heterocycles. The van der Waals surface area contributed by atoms with Gasteiger partial charge in [-0.15, -0.1) is 0 Å². The Bertz CT molecular complexity index is 428. The first-order valence-electron chi connectivity index (χ1n) is 6.55. The maximum Gasteiger partial charge on any atom is 0.253 e. The van der Waals surface area contributed by atoms with E-state index in [9.17, 15) is 9.18 Å². The van der Waals surface area contributed by atoms with E-state index in [0.29, 0.717) is 17.8 Å². The number of carbonyl (C=O) groups excluding carboxylic acids is 1. The SMILES string of the molecule is CCNc1c(F)cccc1C(=O)NC1CCCC1. The largest absolute Gasteiger partial charge is 0.382 e. The first-order chi connectivity index (χ1) is 8.72. The van der Waals surface area contributed by atoms with E-state index < -0.39 is 0 Å². The van der Waals surface area contributed by atoms with Gasteiger partial charge >= 0.3 is 0 Å². The van der Waals surface area contributed by atoms with E-state index in [-0.39, 0.29) is 17.8 Å². The van der Waals surface area contributed by atoms with Gasteiger partial charge in [-0.3, -0.25) is 4.79 Å². The molecule has 0 spiro atoms. The van der Waals surface area contributed by atoms with Crippen LogP contribution in [0.2, 0.25) is 0 Å². The Balaban J connectivity index is 2.15. The van der Waals surface area contributed by atoms with Crippen molar-refractivity contribution < 1.29 is 9.18 Å². The van der Waals surface area contributed by atoms with Crippen molar-refractivity contribution in [3.8, 4) is 0 Å². The van der Waals surface area contributed by atoms with Gasteiger partial charge in [0, 0.05) is 12.6 Å². The monoisotopic (exact) mass is 250 g/mol. The van der Waals surface area contributed by atoms with Crippen molar-refractivity contribution in [2.45, 2.75) is 38.6 Å². The van der Waals surface area contributed by atoms with E-state index >= 15 is 0 Å². The highest BCUT2D eigenvalue weighted by Crippen LogP contribution is 2.22. The molecule has 3 nitrogen and oxygen atoms in total. The van der Waals surface area contributed by atoms with Crippen LogP contribution in [0.3, 0.4) is 0 Å². The third-order valence-corrected chi connectivity index (χ3v) is 3.30. The summed E-state index contributed by atoms with van der Waals surface area (Å²) in [5.74, 6) is -0.562. The van der Waals surface area contributed by atoms with E-state index in [1.807, 2.05) is 6.92 Å². The highest BCUT2D eigenvalue weighted by molar-refractivity contribution is 5.99. The first kappa shape index (κ1) is 12.9. The van der Waals surface area contributed by atoms with Gasteiger partial charge in [0.2, 0.25) is 0 Å². The number of hydrogen-bond donors (Lipinski definition) is 2. The van der Waals surface area contributed by atoms with Crippen molar-refractivity contribution >= 4 is 11.6 Å². The Morgan fingerprint density at radius 2 is 2.11 bits per heavy atom. The number of nitrogens with one attached hydrogen (secondary N) is 2. The number of carbonyl (C=O) groups is 1. The highest BCUT2D eigenvalue weighted by atomic mass is 19.1. The Kier molecular flexibility index (Phi) is 4.18. The summed E-state index contributed by atoms with van der Waals surface area (Å²) in [6.45, 7) is 2.47. The molecule has 1 aliphatic rings. The molecule has 0 atom stereocenters. The third-order valence-electron chi connectivity index (χ3n) is 3.30. The van der Waals surface area contributed by atoms with Gasteiger partial charge in [0.25, 0.3) is 5.91 Å². The van der Waals surface area contributed by atoms with Crippen LogP contribution in [0.5, 0.6) is 0 Å². The van der Waals surface area contributed by atoms with Crippen molar-refractivity contribution in [1.29, 1.82) is 0 Å². The molecule has 4 heteroatoms. The van der Waals surface area contributed by atoms with Gasteiger partial charge in [-0.1, -0.05) is 18.9 Å². The zero-order chi connectivity index (χ0) is 13.0. The maximum atomic E-state index is 13.7. The molecule has 1 aliphatic carbocycles. The minimum absolute atomic E-state index is 0.183. The van der Waals surface area contributed by atoms with Gasteiger partial charge in [-0.2, -0.15) is 0 Å². The Morgan fingerprint density at radius 3 is 2.78 bits per heavy atom. The molecule has 0 unspecified atom stereocenters. The van der Waals surface area contributed by atoms with Crippen LogP contribution < -0.4 is 10.6 Å². The number of halogens is 1. The number of amides is 1. The average molecular weight is 250 g/mol. The number of para-hydroxylation sites is 1. The van der Waals surface area contributed by atoms with Crippen LogP contribution in [0, 0.1) is 5.82 Å². The zero-order valence-electron chi connectivity index (χ0n) is 10.6. The summed E-state index contributed by atoms with van der Waals surface area (Å²) in [5.41, 5.74) is 0.694. The molecule has 0 heterocycles. The summed E-state index contributed by atoms with van der Waals surface area (Å²) in [7, 11) is 0. The second-order valence-corrected chi connectivity index (χ2v) is 4.65. The summed E-state index contributed by atoms with van der Waals surface area (Å²) in [5, 5.41) is 5.89. The molecule has 0 radical (unpaired) electrons. The van der Waals surface area contributed by atoms with Crippen molar-refractivity contribution in [2.75, 3.05) is 11.9 Å². The van der Waals surface area contributed by atoms with Gasteiger partial charge in [-0.05, 0) is 31.9 Å². The molecule has 2 rings (SSSR count). The van der Waals surface area contributed by atoms with Crippen molar-refractivity contribution in [3.63, 3.8) is 0 Å². The molecule has 1 amide bonds. The molecular weight excluding hydrogens is 231 g/mol. The molecule has 1 aromatic carbocycles. The lowest BCUT2D eigenvalue weighted by Gasteiger charge is -2.15. The van der Waals surface area contributed by atoms with Crippen LogP contribution in [0.1, 0.15) is 43.0 Å². The fourth-order valence-electron chi connectivity index (χ4n) is 2.40. The van der Waals surface area contributed by atoms with E-state index in [4.69, 9.17) is 0 Å². The van der Waals surface area contributed by atoms with Gasteiger partial charge in [0.15, 0.2) is 0 Å². The van der Waals surface area contributed by atoms with E-state index in [2.05, 4.69) is 10.6 Å². The quantitative estimate of drug-likeness (QED) is 0.862. The lowest BCUT2D eigenvalue weighted by atomic mass is 10.1. The molecule has 0 bridgehead atoms. The number of benzene rings is 1. The van der Waals surface area contributed by atoms with E-state index in [1.54, 1.807) is 12.1 Å². The smallest absolute Gasteiger partial charge is 0.253 e. The molecule has 18 heavy (non-hydrogen) atoms. The van der Waals surface area contributed by atoms with E-state index in [1.165, 1.54) is 6.07 Å². The van der Waals surface area contributed by atoms with Crippen LogP contribution in [0.15, 0.2) is 18.2 Å².